The number of rotatable bonds is 6. The topological polar surface area (TPSA) is 125 Å². The molecule has 2 aliphatic rings. The molecule has 0 spiro atoms. The van der Waals surface area contributed by atoms with Crippen LogP contribution in [0.3, 0.4) is 0 Å². The SMILES string of the molecule is C=C1C(=O)O[C@@H]2/C=C(/CO)CC/C=C(/C(=O)OC)[C@H](OC(C)=O)[C@@H](OC(=O)[C@H](C)CC)[C@@H]12. The van der Waals surface area contributed by atoms with Crippen molar-refractivity contribution in [1.82, 2.24) is 0 Å². The first-order valence-electron chi connectivity index (χ1n) is 10.5. The smallest absolute Gasteiger partial charge is 0.337 e. The van der Waals surface area contributed by atoms with Crippen LogP contribution in [-0.4, -0.2) is 61.0 Å². The van der Waals surface area contributed by atoms with Gasteiger partial charge in [-0.15, -0.1) is 0 Å². The summed E-state index contributed by atoms with van der Waals surface area (Å²) in [5.41, 5.74) is 0.545. The molecule has 1 aliphatic carbocycles. The quantitative estimate of drug-likeness (QED) is 0.279. The normalized spacial score (nSPS) is 29.9. The minimum Gasteiger partial charge on any atom is -0.466 e. The van der Waals surface area contributed by atoms with E-state index in [1.54, 1.807) is 13.0 Å². The number of carbonyl (C=O) groups is 4. The fourth-order valence-corrected chi connectivity index (χ4v) is 3.65. The molecule has 9 nitrogen and oxygen atoms in total. The van der Waals surface area contributed by atoms with Gasteiger partial charge in [0.2, 0.25) is 0 Å². The lowest BCUT2D eigenvalue weighted by molar-refractivity contribution is -0.173. The minimum absolute atomic E-state index is 0.00688. The van der Waals surface area contributed by atoms with E-state index in [0.29, 0.717) is 24.8 Å². The number of ether oxygens (including phenoxy) is 4. The summed E-state index contributed by atoms with van der Waals surface area (Å²) in [6.45, 7) is 8.14. The van der Waals surface area contributed by atoms with E-state index in [1.807, 2.05) is 6.92 Å². The summed E-state index contributed by atoms with van der Waals surface area (Å²) in [4.78, 5) is 49.7. The number of methoxy groups -OCH3 is 1. The first-order valence-corrected chi connectivity index (χ1v) is 10.5. The zero-order valence-electron chi connectivity index (χ0n) is 18.8. The fraction of sp³-hybridized carbons (Fsp3) is 0.565. The third-order valence-electron chi connectivity index (χ3n) is 5.63. The molecule has 5 atom stereocenters. The van der Waals surface area contributed by atoms with Crippen molar-refractivity contribution in [3.8, 4) is 0 Å². The molecule has 32 heavy (non-hydrogen) atoms. The molecular weight excluding hydrogens is 420 g/mol. The Morgan fingerprint density at radius 1 is 1.31 bits per heavy atom. The largest absolute Gasteiger partial charge is 0.466 e. The summed E-state index contributed by atoms with van der Waals surface area (Å²) in [5, 5.41) is 9.73. The van der Waals surface area contributed by atoms with Crippen molar-refractivity contribution in [3.63, 3.8) is 0 Å². The lowest BCUT2D eigenvalue weighted by Gasteiger charge is -2.34. The highest BCUT2D eigenvalue weighted by Crippen LogP contribution is 2.38. The van der Waals surface area contributed by atoms with Crippen molar-refractivity contribution in [2.75, 3.05) is 13.7 Å². The van der Waals surface area contributed by atoms with Crippen LogP contribution in [0.4, 0.5) is 0 Å². The Balaban J connectivity index is 2.70. The average molecular weight is 450 g/mol. The number of esters is 4. The number of allylic oxidation sites excluding steroid dienone is 1. The van der Waals surface area contributed by atoms with Crippen molar-refractivity contribution in [2.45, 2.75) is 58.3 Å². The molecule has 0 unspecified atom stereocenters. The molecule has 9 heteroatoms. The third kappa shape index (κ3) is 5.64. The molecular formula is C23H30O9. The van der Waals surface area contributed by atoms with E-state index in [9.17, 15) is 24.3 Å². The highest BCUT2D eigenvalue weighted by atomic mass is 16.6. The van der Waals surface area contributed by atoms with Crippen LogP contribution in [0.1, 0.15) is 40.0 Å². The maximum Gasteiger partial charge on any atom is 0.337 e. The molecule has 1 saturated heterocycles. The van der Waals surface area contributed by atoms with Gasteiger partial charge in [0.15, 0.2) is 12.2 Å². The van der Waals surface area contributed by atoms with Gasteiger partial charge >= 0.3 is 23.9 Å². The zero-order valence-corrected chi connectivity index (χ0v) is 18.8. The van der Waals surface area contributed by atoms with Gasteiger partial charge in [0.25, 0.3) is 0 Å². The van der Waals surface area contributed by atoms with Gasteiger partial charge in [0, 0.05) is 12.5 Å². The van der Waals surface area contributed by atoms with Crippen LogP contribution in [0.2, 0.25) is 0 Å². The second-order valence-corrected chi connectivity index (χ2v) is 7.83. The van der Waals surface area contributed by atoms with Gasteiger partial charge in [-0.25, -0.2) is 9.59 Å². The second-order valence-electron chi connectivity index (χ2n) is 7.83. The lowest BCUT2D eigenvalue weighted by atomic mass is 9.83. The van der Waals surface area contributed by atoms with Gasteiger partial charge in [-0.05, 0) is 30.9 Å². The van der Waals surface area contributed by atoms with Crippen LogP contribution in [0.15, 0.2) is 35.5 Å². The van der Waals surface area contributed by atoms with Crippen LogP contribution in [0.25, 0.3) is 0 Å². The summed E-state index contributed by atoms with van der Waals surface area (Å²) >= 11 is 0. The van der Waals surface area contributed by atoms with Crippen LogP contribution >= 0.6 is 0 Å². The van der Waals surface area contributed by atoms with Gasteiger partial charge in [-0.2, -0.15) is 0 Å². The lowest BCUT2D eigenvalue weighted by Crippen LogP contribution is -2.46. The van der Waals surface area contributed by atoms with Gasteiger partial charge < -0.3 is 24.1 Å². The third-order valence-corrected chi connectivity index (χ3v) is 5.63. The van der Waals surface area contributed by atoms with Crippen molar-refractivity contribution < 1.29 is 43.2 Å². The van der Waals surface area contributed by atoms with E-state index < -0.39 is 54.0 Å². The molecule has 1 N–H and O–H groups in total. The van der Waals surface area contributed by atoms with E-state index in [2.05, 4.69) is 6.58 Å². The highest BCUT2D eigenvalue weighted by molar-refractivity contribution is 5.92. The molecule has 1 heterocycles. The fourth-order valence-electron chi connectivity index (χ4n) is 3.65. The van der Waals surface area contributed by atoms with Gasteiger partial charge in [-0.1, -0.05) is 26.5 Å². The summed E-state index contributed by atoms with van der Waals surface area (Å²) in [6, 6.07) is 0. The molecule has 0 saturated carbocycles. The van der Waals surface area contributed by atoms with Gasteiger partial charge in [0.1, 0.15) is 6.10 Å². The summed E-state index contributed by atoms with van der Waals surface area (Å²) in [5.74, 6) is -4.22. The molecule has 0 aromatic heterocycles. The van der Waals surface area contributed by atoms with Crippen LogP contribution in [0, 0.1) is 11.8 Å². The van der Waals surface area contributed by atoms with E-state index in [0.717, 1.165) is 6.92 Å². The van der Waals surface area contributed by atoms with E-state index in [4.69, 9.17) is 18.9 Å². The maximum absolute atomic E-state index is 12.8. The zero-order chi connectivity index (χ0) is 24.0. The van der Waals surface area contributed by atoms with Crippen molar-refractivity contribution in [3.05, 3.63) is 35.5 Å². The first kappa shape index (κ1) is 25.3. The van der Waals surface area contributed by atoms with Gasteiger partial charge in [0.05, 0.1) is 31.1 Å². The molecule has 0 bridgehead atoms. The predicted molar refractivity (Wildman–Crippen MR) is 112 cm³/mol. The second kappa shape index (κ2) is 11.1. The van der Waals surface area contributed by atoms with Crippen LogP contribution in [-0.2, 0) is 38.1 Å². The Labute approximate surface area is 187 Å². The summed E-state index contributed by atoms with van der Waals surface area (Å²) in [7, 11) is 1.18. The monoisotopic (exact) mass is 450 g/mol. The molecule has 2 rings (SSSR count). The molecule has 1 fully saturated rings. The first-order chi connectivity index (χ1) is 15.1. The molecule has 0 aromatic carbocycles. The van der Waals surface area contributed by atoms with E-state index >= 15 is 0 Å². The highest BCUT2D eigenvalue weighted by Gasteiger charge is 2.50. The molecule has 1 aliphatic heterocycles. The van der Waals surface area contributed by atoms with Crippen LogP contribution < -0.4 is 0 Å². The Hall–Kier alpha value is -2.94. The van der Waals surface area contributed by atoms with Crippen molar-refractivity contribution in [1.29, 1.82) is 0 Å². The predicted octanol–water partition coefficient (Wildman–Crippen LogP) is 1.79. The van der Waals surface area contributed by atoms with Crippen molar-refractivity contribution >= 4 is 23.9 Å². The molecule has 0 amide bonds. The maximum atomic E-state index is 12.8. The van der Waals surface area contributed by atoms with Crippen LogP contribution in [0.5, 0.6) is 0 Å². The Morgan fingerprint density at radius 2 is 2.00 bits per heavy atom. The Morgan fingerprint density at radius 3 is 2.56 bits per heavy atom. The minimum atomic E-state index is -1.35. The number of fused-ring (bicyclic) bond motifs is 1. The van der Waals surface area contributed by atoms with E-state index in [-0.39, 0.29) is 17.8 Å². The Bertz CT molecular complexity index is 838. The van der Waals surface area contributed by atoms with E-state index in [1.165, 1.54) is 13.2 Å². The molecule has 0 aromatic rings. The Kier molecular flexibility index (Phi) is 8.77. The molecule has 176 valence electrons. The number of hydrogen-bond donors (Lipinski definition) is 1. The average Bonchev–Trinajstić information content (AvgIpc) is 3.04. The number of aliphatic hydroxyl groups is 1. The number of carbonyl (C=O) groups excluding carboxylic acids is 4. The van der Waals surface area contributed by atoms with Crippen molar-refractivity contribution in [2.24, 2.45) is 11.8 Å². The number of aliphatic hydroxyl groups excluding tert-OH is 1. The van der Waals surface area contributed by atoms with Gasteiger partial charge in [-0.3, -0.25) is 9.59 Å². The summed E-state index contributed by atoms with van der Waals surface area (Å²) in [6.07, 6.45) is 0.686. The number of hydrogen-bond acceptors (Lipinski definition) is 9. The molecule has 0 radical (unpaired) electrons. The summed E-state index contributed by atoms with van der Waals surface area (Å²) < 4.78 is 21.5. The standard InChI is InChI=1S/C23H30O9/c1-6-12(2)21(26)32-20-18-13(3)22(27)31-17(18)10-15(11-24)8-7-9-16(23(28)29-5)19(20)30-14(4)25/h9-10,12,17-20,24H,3,6-8,11H2,1-2,4-5H3/b15-10+,16-9+/t12-,17-,18+,19+,20+/m1/s1.